The largest absolute Gasteiger partial charge is 0.487 e. The molecule has 0 N–H and O–H groups in total. The highest BCUT2D eigenvalue weighted by Crippen LogP contribution is 2.28. The molecule has 1 aliphatic heterocycles. The molecule has 2 unspecified atom stereocenters. The van der Waals surface area contributed by atoms with E-state index in [2.05, 4.69) is 16.8 Å². The first-order chi connectivity index (χ1) is 9.10. The molecule has 0 radical (unpaired) electrons. The fraction of sp³-hybridized carbons (Fsp3) is 0.643. The average Bonchev–Trinajstić information content (AvgIpc) is 2.38. The summed E-state index contributed by atoms with van der Waals surface area (Å²) < 4.78 is 11.6. The Hall–Kier alpha value is -1.00. The first-order valence-corrected chi connectivity index (χ1v) is 7.21. The number of rotatable bonds is 4. The van der Waals surface area contributed by atoms with E-state index in [-0.39, 0.29) is 18.3 Å². The Labute approximate surface area is 119 Å². The molecule has 5 heteroatoms. The van der Waals surface area contributed by atoms with Crippen LogP contribution in [0.1, 0.15) is 20.8 Å². The lowest BCUT2D eigenvalue weighted by atomic mass is 10.2. The Kier molecular flexibility index (Phi) is 4.88. The van der Waals surface area contributed by atoms with E-state index in [9.17, 15) is 0 Å². The van der Waals surface area contributed by atoms with Gasteiger partial charge in [0, 0.05) is 19.3 Å². The van der Waals surface area contributed by atoms with Gasteiger partial charge in [-0.3, -0.25) is 0 Å². The van der Waals surface area contributed by atoms with Crippen molar-refractivity contribution in [3.63, 3.8) is 0 Å². The van der Waals surface area contributed by atoms with Crippen LogP contribution in [0, 0.1) is 0 Å². The maximum absolute atomic E-state index is 5.92. The van der Waals surface area contributed by atoms with E-state index in [4.69, 9.17) is 21.1 Å². The SMILES string of the molecule is CC(C)Oc1cccnc1N1CC(C)OC(CCl)C1. The predicted octanol–water partition coefficient (Wildman–Crippen LogP) is 2.70. The third-order valence-corrected chi connectivity index (χ3v) is 3.26. The molecule has 1 aromatic rings. The summed E-state index contributed by atoms with van der Waals surface area (Å²) in [5, 5.41) is 0. The highest BCUT2D eigenvalue weighted by molar-refractivity contribution is 6.18. The van der Waals surface area contributed by atoms with Crippen LogP contribution in [-0.2, 0) is 4.74 Å². The maximum atomic E-state index is 5.92. The molecule has 1 fully saturated rings. The Morgan fingerprint density at radius 2 is 2.32 bits per heavy atom. The van der Waals surface area contributed by atoms with Crippen LogP contribution < -0.4 is 9.64 Å². The third-order valence-electron chi connectivity index (χ3n) is 2.91. The lowest BCUT2D eigenvalue weighted by Gasteiger charge is -2.37. The van der Waals surface area contributed by atoms with E-state index >= 15 is 0 Å². The van der Waals surface area contributed by atoms with Crippen molar-refractivity contribution < 1.29 is 9.47 Å². The quantitative estimate of drug-likeness (QED) is 0.796. The number of alkyl halides is 1. The van der Waals surface area contributed by atoms with Gasteiger partial charge >= 0.3 is 0 Å². The predicted molar refractivity (Wildman–Crippen MR) is 77.3 cm³/mol. The standard InChI is InChI=1S/C14H21ClN2O2/c1-10(2)18-13-5-4-6-16-14(13)17-8-11(3)19-12(7-15)9-17/h4-6,10-12H,7-9H2,1-3H3. The fourth-order valence-electron chi connectivity index (χ4n) is 2.27. The molecule has 1 saturated heterocycles. The Morgan fingerprint density at radius 3 is 3.00 bits per heavy atom. The molecular weight excluding hydrogens is 264 g/mol. The van der Waals surface area contributed by atoms with Gasteiger partial charge in [0.15, 0.2) is 11.6 Å². The van der Waals surface area contributed by atoms with Crippen molar-refractivity contribution in [2.45, 2.75) is 39.1 Å². The molecule has 4 nitrogen and oxygen atoms in total. The zero-order valence-corrected chi connectivity index (χ0v) is 12.4. The summed E-state index contributed by atoms with van der Waals surface area (Å²) in [7, 11) is 0. The number of halogens is 1. The van der Waals surface area contributed by atoms with Crippen LogP contribution in [0.25, 0.3) is 0 Å². The van der Waals surface area contributed by atoms with Gasteiger partial charge in [-0.05, 0) is 32.9 Å². The van der Waals surface area contributed by atoms with Crippen molar-refractivity contribution in [3.05, 3.63) is 18.3 Å². The lowest BCUT2D eigenvalue weighted by Crippen LogP contribution is -2.47. The Morgan fingerprint density at radius 1 is 1.53 bits per heavy atom. The molecule has 0 aromatic carbocycles. The van der Waals surface area contributed by atoms with Crippen molar-refractivity contribution in [1.82, 2.24) is 4.98 Å². The highest BCUT2D eigenvalue weighted by Gasteiger charge is 2.27. The molecule has 19 heavy (non-hydrogen) atoms. The van der Waals surface area contributed by atoms with Gasteiger partial charge in [0.05, 0.1) is 24.2 Å². The smallest absolute Gasteiger partial charge is 0.171 e. The van der Waals surface area contributed by atoms with Gasteiger partial charge in [-0.15, -0.1) is 11.6 Å². The second-order valence-electron chi connectivity index (χ2n) is 5.12. The molecule has 2 rings (SSSR count). The summed E-state index contributed by atoms with van der Waals surface area (Å²) in [5.74, 6) is 2.19. The Balaban J connectivity index is 2.20. The van der Waals surface area contributed by atoms with Crippen molar-refractivity contribution in [3.8, 4) is 5.75 Å². The number of pyridine rings is 1. The fourth-order valence-corrected chi connectivity index (χ4v) is 2.44. The minimum Gasteiger partial charge on any atom is -0.487 e. The maximum Gasteiger partial charge on any atom is 0.171 e. The van der Waals surface area contributed by atoms with E-state index < -0.39 is 0 Å². The second-order valence-corrected chi connectivity index (χ2v) is 5.43. The molecule has 1 aliphatic rings. The summed E-state index contributed by atoms with van der Waals surface area (Å²) in [6.07, 6.45) is 2.11. The first kappa shape index (κ1) is 14.4. The number of nitrogens with zero attached hydrogens (tertiary/aromatic N) is 2. The van der Waals surface area contributed by atoms with Gasteiger partial charge in [0.1, 0.15) is 0 Å². The van der Waals surface area contributed by atoms with Crippen molar-refractivity contribution >= 4 is 17.4 Å². The summed E-state index contributed by atoms with van der Waals surface area (Å²) in [6.45, 7) is 7.64. The normalized spacial score (nSPS) is 23.7. The average molecular weight is 285 g/mol. The van der Waals surface area contributed by atoms with Gasteiger partial charge in [-0.25, -0.2) is 4.98 Å². The number of ether oxygens (including phenoxy) is 2. The molecule has 0 aliphatic carbocycles. The summed E-state index contributed by atoms with van der Waals surface area (Å²) in [4.78, 5) is 6.65. The zero-order valence-electron chi connectivity index (χ0n) is 11.7. The van der Waals surface area contributed by atoms with Crippen LogP contribution in [-0.4, -0.2) is 42.3 Å². The van der Waals surface area contributed by atoms with Gasteiger partial charge in [-0.1, -0.05) is 0 Å². The van der Waals surface area contributed by atoms with E-state index in [1.165, 1.54) is 0 Å². The van der Waals surface area contributed by atoms with E-state index in [0.717, 1.165) is 24.7 Å². The first-order valence-electron chi connectivity index (χ1n) is 6.68. The van der Waals surface area contributed by atoms with Gasteiger partial charge in [-0.2, -0.15) is 0 Å². The van der Waals surface area contributed by atoms with Crippen LogP contribution in [0.15, 0.2) is 18.3 Å². The third kappa shape index (κ3) is 3.74. The molecule has 0 spiro atoms. The van der Waals surface area contributed by atoms with Crippen molar-refractivity contribution in [1.29, 1.82) is 0 Å². The van der Waals surface area contributed by atoms with Crippen molar-refractivity contribution in [2.24, 2.45) is 0 Å². The number of aromatic nitrogens is 1. The van der Waals surface area contributed by atoms with Crippen LogP contribution in [0.2, 0.25) is 0 Å². The number of hydrogen-bond acceptors (Lipinski definition) is 4. The summed E-state index contributed by atoms with van der Waals surface area (Å²) in [5.41, 5.74) is 0. The monoisotopic (exact) mass is 284 g/mol. The van der Waals surface area contributed by atoms with Crippen LogP contribution >= 0.6 is 11.6 Å². The molecular formula is C14H21ClN2O2. The second kappa shape index (κ2) is 6.44. The van der Waals surface area contributed by atoms with Gasteiger partial charge in [0.25, 0.3) is 0 Å². The number of morpholine rings is 1. The van der Waals surface area contributed by atoms with Crippen LogP contribution in [0.5, 0.6) is 5.75 Å². The number of anilines is 1. The molecule has 2 atom stereocenters. The topological polar surface area (TPSA) is 34.6 Å². The van der Waals surface area contributed by atoms with Gasteiger partial charge in [0.2, 0.25) is 0 Å². The Bertz CT molecular complexity index is 414. The van der Waals surface area contributed by atoms with E-state index in [1.54, 1.807) is 6.20 Å². The zero-order chi connectivity index (χ0) is 13.8. The molecule has 2 heterocycles. The minimum absolute atomic E-state index is 0.0410. The van der Waals surface area contributed by atoms with Gasteiger partial charge < -0.3 is 14.4 Å². The summed E-state index contributed by atoms with van der Waals surface area (Å²) in [6, 6.07) is 3.85. The van der Waals surface area contributed by atoms with E-state index in [1.807, 2.05) is 26.0 Å². The number of hydrogen-bond donors (Lipinski definition) is 0. The van der Waals surface area contributed by atoms with E-state index in [0.29, 0.717) is 5.88 Å². The van der Waals surface area contributed by atoms with Crippen LogP contribution in [0.3, 0.4) is 0 Å². The molecule has 106 valence electrons. The molecule has 0 amide bonds. The molecule has 0 saturated carbocycles. The lowest BCUT2D eigenvalue weighted by molar-refractivity contribution is -0.00375. The highest BCUT2D eigenvalue weighted by atomic mass is 35.5. The van der Waals surface area contributed by atoms with Crippen LogP contribution in [0.4, 0.5) is 5.82 Å². The van der Waals surface area contributed by atoms with Crippen molar-refractivity contribution in [2.75, 3.05) is 23.9 Å². The molecule has 0 bridgehead atoms. The summed E-state index contributed by atoms with van der Waals surface area (Å²) >= 11 is 5.92. The molecule has 1 aromatic heterocycles. The minimum atomic E-state index is 0.0410.